The SMILES string of the molecule is COc1ccc(OC(=O)c2[nH]ncc2C(=O)O)cc1. The van der Waals surface area contributed by atoms with Gasteiger partial charge in [0.1, 0.15) is 17.1 Å². The molecule has 0 saturated heterocycles. The number of carboxylic acid groups (broad SMARTS) is 1. The van der Waals surface area contributed by atoms with Crippen molar-refractivity contribution >= 4 is 11.9 Å². The standard InChI is InChI=1S/C12H10N2O5/c1-18-7-2-4-8(5-3-7)19-12(17)10-9(11(15)16)6-13-14-10/h2-6H,1H3,(H,13,14)(H,15,16). The number of H-pyrrole nitrogens is 1. The van der Waals surface area contributed by atoms with Gasteiger partial charge in [-0.1, -0.05) is 0 Å². The quantitative estimate of drug-likeness (QED) is 0.636. The van der Waals surface area contributed by atoms with Crippen LogP contribution in [-0.4, -0.2) is 34.4 Å². The summed E-state index contributed by atoms with van der Waals surface area (Å²) in [5.74, 6) is -1.18. The van der Waals surface area contributed by atoms with Crippen LogP contribution in [0.25, 0.3) is 0 Å². The Hall–Kier alpha value is -2.83. The van der Waals surface area contributed by atoms with Gasteiger partial charge in [0.2, 0.25) is 0 Å². The molecule has 1 heterocycles. The van der Waals surface area contributed by atoms with Crippen LogP contribution in [0.4, 0.5) is 0 Å². The first kappa shape index (κ1) is 12.6. The van der Waals surface area contributed by atoms with E-state index >= 15 is 0 Å². The summed E-state index contributed by atoms with van der Waals surface area (Å²) in [6.07, 6.45) is 1.05. The molecule has 98 valence electrons. The summed E-state index contributed by atoms with van der Waals surface area (Å²) in [5, 5.41) is 14.7. The van der Waals surface area contributed by atoms with Gasteiger partial charge in [-0.15, -0.1) is 0 Å². The molecule has 0 aliphatic heterocycles. The van der Waals surface area contributed by atoms with Gasteiger partial charge in [-0.2, -0.15) is 5.10 Å². The molecule has 7 heteroatoms. The number of benzene rings is 1. The number of carbonyl (C=O) groups is 2. The molecule has 0 aliphatic carbocycles. The Bertz CT molecular complexity index is 603. The van der Waals surface area contributed by atoms with Crippen LogP contribution in [0.2, 0.25) is 0 Å². The lowest BCUT2D eigenvalue weighted by Crippen LogP contribution is -2.13. The van der Waals surface area contributed by atoms with Crippen molar-refractivity contribution in [1.29, 1.82) is 0 Å². The number of hydrogen-bond acceptors (Lipinski definition) is 5. The number of nitrogens with one attached hydrogen (secondary N) is 1. The number of rotatable bonds is 4. The number of carbonyl (C=O) groups excluding carboxylic acids is 1. The van der Waals surface area contributed by atoms with Crippen LogP contribution in [0.5, 0.6) is 11.5 Å². The predicted octanol–water partition coefficient (Wildman–Crippen LogP) is 1.34. The second-order valence-corrected chi connectivity index (χ2v) is 3.53. The molecule has 0 aliphatic rings. The molecule has 7 nitrogen and oxygen atoms in total. The third kappa shape index (κ3) is 2.71. The maximum atomic E-state index is 11.8. The first-order chi connectivity index (χ1) is 9.11. The van der Waals surface area contributed by atoms with E-state index in [4.69, 9.17) is 14.6 Å². The fourth-order valence-electron chi connectivity index (χ4n) is 1.41. The van der Waals surface area contributed by atoms with E-state index in [-0.39, 0.29) is 17.0 Å². The lowest BCUT2D eigenvalue weighted by molar-refractivity contribution is 0.0666. The van der Waals surface area contributed by atoms with Crippen LogP contribution in [0, 0.1) is 0 Å². The van der Waals surface area contributed by atoms with E-state index in [2.05, 4.69) is 10.2 Å². The molecule has 2 N–H and O–H groups in total. The molecule has 0 saturated carbocycles. The molecular formula is C12H10N2O5. The summed E-state index contributed by atoms with van der Waals surface area (Å²) in [6.45, 7) is 0. The Balaban J connectivity index is 2.16. The number of aromatic amines is 1. The number of esters is 1. The number of aromatic nitrogens is 2. The topological polar surface area (TPSA) is 102 Å². The van der Waals surface area contributed by atoms with Gasteiger partial charge < -0.3 is 14.6 Å². The van der Waals surface area contributed by atoms with Gasteiger partial charge in [0.05, 0.1) is 13.3 Å². The highest BCUT2D eigenvalue weighted by atomic mass is 16.5. The summed E-state index contributed by atoms with van der Waals surface area (Å²) in [7, 11) is 1.52. The Kier molecular flexibility index (Phi) is 3.46. The highest BCUT2D eigenvalue weighted by Gasteiger charge is 2.20. The fourth-order valence-corrected chi connectivity index (χ4v) is 1.41. The van der Waals surface area contributed by atoms with Crippen LogP contribution < -0.4 is 9.47 Å². The van der Waals surface area contributed by atoms with Crippen molar-refractivity contribution in [2.24, 2.45) is 0 Å². The van der Waals surface area contributed by atoms with Gasteiger partial charge in [0.25, 0.3) is 0 Å². The normalized spacial score (nSPS) is 9.95. The average molecular weight is 262 g/mol. The number of nitrogens with zero attached hydrogens (tertiary/aromatic N) is 1. The van der Waals surface area contributed by atoms with Crippen LogP contribution >= 0.6 is 0 Å². The van der Waals surface area contributed by atoms with Crippen LogP contribution in [0.1, 0.15) is 20.8 Å². The van der Waals surface area contributed by atoms with E-state index < -0.39 is 11.9 Å². The second kappa shape index (κ2) is 5.21. The highest BCUT2D eigenvalue weighted by Crippen LogP contribution is 2.18. The molecule has 0 spiro atoms. The zero-order valence-electron chi connectivity index (χ0n) is 9.91. The number of hydrogen-bond donors (Lipinski definition) is 2. The molecular weight excluding hydrogens is 252 g/mol. The Morgan fingerprint density at radius 1 is 1.21 bits per heavy atom. The van der Waals surface area contributed by atoms with E-state index in [0.29, 0.717) is 5.75 Å². The second-order valence-electron chi connectivity index (χ2n) is 3.53. The first-order valence-electron chi connectivity index (χ1n) is 5.24. The number of carboxylic acids is 1. The number of aromatic carboxylic acids is 1. The first-order valence-corrected chi connectivity index (χ1v) is 5.24. The van der Waals surface area contributed by atoms with E-state index in [9.17, 15) is 9.59 Å². The van der Waals surface area contributed by atoms with E-state index in [1.54, 1.807) is 12.1 Å². The summed E-state index contributed by atoms with van der Waals surface area (Å²) in [6, 6.07) is 6.31. The number of methoxy groups -OCH3 is 1. The summed E-state index contributed by atoms with van der Waals surface area (Å²) in [5.41, 5.74) is -0.443. The van der Waals surface area contributed by atoms with Crippen molar-refractivity contribution in [1.82, 2.24) is 10.2 Å². The third-order valence-corrected chi connectivity index (χ3v) is 2.34. The molecule has 0 bridgehead atoms. The van der Waals surface area contributed by atoms with Crippen molar-refractivity contribution < 1.29 is 24.2 Å². The monoisotopic (exact) mass is 262 g/mol. The Labute approximate surface area is 107 Å². The van der Waals surface area contributed by atoms with Gasteiger partial charge in [-0.05, 0) is 24.3 Å². The predicted molar refractivity (Wildman–Crippen MR) is 63.5 cm³/mol. The smallest absolute Gasteiger partial charge is 0.362 e. The minimum Gasteiger partial charge on any atom is -0.497 e. The van der Waals surface area contributed by atoms with Crippen molar-refractivity contribution in [3.05, 3.63) is 41.7 Å². The van der Waals surface area contributed by atoms with E-state index in [0.717, 1.165) is 6.20 Å². The molecule has 0 fully saturated rings. The van der Waals surface area contributed by atoms with E-state index in [1.807, 2.05) is 0 Å². The van der Waals surface area contributed by atoms with Crippen LogP contribution in [0.3, 0.4) is 0 Å². The zero-order valence-corrected chi connectivity index (χ0v) is 9.91. The third-order valence-electron chi connectivity index (χ3n) is 2.34. The average Bonchev–Trinajstić information content (AvgIpc) is 2.89. The Morgan fingerprint density at radius 3 is 2.42 bits per heavy atom. The fraction of sp³-hybridized carbons (Fsp3) is 0.0833. The molecule has 0 amide bonds. The van der Waals surface area contributed by atoms with Crippen molar-refractivity contribution in [2.45, 2.75) is 0 Å². The van der Waals surface area contributed by atoms with Gasteiger partial charge in [-0.3, -0.25) is 5.10 Å². The molecule has 0 unspecified atom stereocenters. The van der Waals surface area contributed by atoms with Crippen LogP contribution in [0.15, 0.2) is 30.5 Å². The van der Waals surface area contributed by atoms with Gasteiger partial charge in [-0.25, -0.2) is 9.59 Å². The lowest BCUT2D eigenvalue weighted by Gasteiger charge is -2.04. The minimum absolute atomic E-state index is 0.205. The molecule has 0 radical (unpaired) electrons. The molecule has 2 rings (SSSR count). The van der Waals surface area contributed by atoms with E-state index in [1.165, 1.54) is 19.2 Å². The minimum atomic E-state index is -1.25. The lowest BCUT2D eigenvalue weighted by atomic mass is 10.2. The van der Waals surface area contributed by atoms with Crippen molar-refractivity contribution in [3.63, 3.8) is 0 Å². The zero-order chi connectivity index (χ0) is 13.8. The highest BCUT2D eigenvalue weighted by molar-refractivity contribution is 6.01. The van der Waals surface area contributed by atoms with Gasteiger partial charge >= 0.3 is 11.9 Å². The Morgan fingerprint density at radius 2 is 1.84 bits per heavy atom. The van der Waals surface area contributed by atoms with Crippen molar-refractivity contribution in [3.8, 4) is 11.5 Å². The molecule has 19 heavy (non-hydrogen) atoms. The largest absolute Gasteiger partial charge is 0.497 e. The maximum absolute atomic E-state index is 11.8. The van der Waals surface area contributed by atoms with Crippen LogP contribution in [-0.2, 0) is 0 Å². The molecule has 2 aromatic rings. The van der Waals surface area contributed by atoms with Gasteiger partial charge in [0.15, 0.2) is 5.69 Å². The summed E-state index contributed by atoms with van der Waals surface area (Å²) < 4.78 is 9.98. The number of ether oxygens (including phenoxy) is 2. The van der Waals surface area contributed by atoms with Crippen molar-refractivity contribution in [2.75, 3.05) is 7.11 Å². The maximum Gasteiger partial charge on any atom is 0.362 e. The molecule has 0 atom stereocenters. The van der Waals surface area contributed by atoms with Gasteiger partial charge in [0, 0.05) is 0 Å². The molecule has 1 aromatic carbocycles. The molecule has 1 aromatic heterocycles. The summed E-state index contributed by atoms with van der Waals surface area (Å²) in [4.78, 5) is 22.6. The summed E-state index contributed by atoms with van der Waals surface area (Å²) >= 11 is 0.